The van der Waals surface area contributed by atoms with Gasteiger partial charge in [-0.15, -0.1) is 10.2 Å². The van der Waals surface area contributed by atoms with E-state index in [1.165, 1.54) is 23.6 Å². The van der Waals surface area contributed by atoms with Crippen molar-refractivity contribution >= 4 is 42.6 Å². The van der Waals surface area contributed by atoms with Crippen LogP contribution in [0, 0.1) is 0 Å². The quantitative estimate of drug-likeness (QED) is 0.567. The number of hydrogen-bond acceptors (Lipinski definition) is 2. The van der Waals surface area contributed by atoms with Crippen LogP contribution in [0.15, 0.2) is 40.9 Å². The fraction of sp³-hybridized carbons (Fsp3) is 0.250. The molecule has 0 atom stereocenters. The van der Waals surface area contributed by atoms with Gasteiger partial charge in [0.05, 0.1) is 5.33 Å². The molecule has 0 bridgehead atoms. The number of aromatic nitrogens is 3. The number of rotatable bonds is 3. The third-order valence-corrected chi connectivity index (χ3v) is 4.85. The molecule has 0 saturated heterocycles. The molecular weight excluding hydrogens is 394 g/mol. The Hall–Kier alpha value is -1.20. The molecule has 0 radical (unpaired) electrons. The van der Waals surface area contributed by atoms with Gasteiger partial charge in [0.15, 0.2) is 5.82 Å². The van der Waals surface area contributed by atoms with E-state index in [0.29, 0.717) is 6.04 Å². The maximum absolute atomic E-state index is 4.42. The molecule has 106 valence electrons. The van der Waals surface area contributed by atoms with Crippen molar-refractivity contribution in [2.45, 2.75) is 24.2 Å². The van der Waals surface area contributed by atoms with Crippen molar-refractivity contribution in [1.29, 1.82) is 0 Å². The number of nitrogens with zero attached hydrogens (tertiary/aromatic N) is 3. The topological polar surface area (TPSA) is 30.7 Å². The number of benzene rings is 2. The van der Waals surface area contributed by atoms with Crippen molar-refractivity contribution in [2.75, 3.05) is 0 Å². The van der Waals surface area contributed by atoms with Crippen LogP contribution in [-0.4, -0.2) is 14.8 Å². The monoisotopic (exact) mass is 405 g/mol. The summed E-state index contributed by atoms with van der Waals surface area (Å²) in [7, 11) is 0. The van der Waals surface area contributed by atoms with Crippen LogP contribution in [0.4, 0.5) is 0 Å². The van der Waals surface area contributed by atoms with Gasteiger partial charge in [0, 0.05) is 16.1 Å². The summed E-state index contributed by atoms with van der Waals surface area (Å²) in [5.41, 5.74) is 1.14. The number of fused-ring (bicyclic) bond motifs is 1. The van der Waals surface area contributed by atoms with E-state index in [2.05, 4.69) is 83.0 Å². The first-order chi connectivity index (χ1) is 10.3. The molecule has 0 spiro atoms. The molecule has 5 heteroatoms. The molecule has 21 heavy (non-hydrogen) atoms. The minimum atomic E-state index is 0.572. The van der Waals surface area contributed by atoms with Gasteiger partial charge in [-0.05, 0) is 41.8 Å². The molecule has 1 saturated carbocycles. The van der Waals surface area contributed by atoms with Gasteiger partial charge in [-0.3, -0.25) is 0 Å². The molecule has 0 unspecified atom stereocenters. The number of alkyl halides is 1. The molecule has 0 amide bonds. The molecule has 1 aliphatic rings. The lowest BCUT2D eigenvalue weighted by atomic mass is 10.1. The Balaban J connectivity index is 1.86. The highest BCUT2D eigenvalue weighted by Gasteiger charge is 2.29. The van der Waals surface area contributed by atoms with Crippen LogP contribution in [0.25, 0.3) is 22.2 Å². The molecule has 1 heterocycles. The van der Waals surface area contributed by atoms with Crippen molar-refractivity contribution in [1.82, 2.24) is 14.8 Å². The average Bonchev–Trinajstić information content (AvgIpc) is 3.25. The summed E-state index contributed by atoms with van der Waals surface area (Å²) in [5.74, 6) is 2.00. The fourth-order valence-corrected chi connectivity index (χ4v) is 3.44. The maximum atomic E-state index is 4.42. The van der Waals surface area contributed by atoms with E-state index >= 15 is 0 Å². The SMILES string of the molecule is BrCc1nnc(-c2ccc3cc(Br)ccc3c2)n1C1CC1. The normalized spacial score (nSPS) is 14.8. The zero-order valence-electron chi connectivity index (χ0n) is 11.3. The van der Waals surface area contributed by atoms with E-state index < -0.39 is 0 Å². The second kappa shape index (κ2) is 5.21. The number of halogens is 2. The zero-order chi connectivity index (χ0) is 14.4. The standard InChI is InChI=1S/C16H13Br2N3/c17-9-15-19-20-16(21(15)14-5-6-14)12-2-1-11-8-13(18)4-3-10(11)7-12/h1-4,7-8,14H,5-6,9H2. The summed E-state index contributed by atoms with van der Waals surface area (Å²) < 4.78 is 3.39. The fourth-order valence-electron chi connectivity index (χ4n) is 2.68. The van der Waals surface area contributed by atoms with Crippen LogP contribution >= 0.6 is 31.9 Å². The highest BCUT2D eigenvalue weighted by atomic mass is 79.9. The second-order valence-corrected chi connectivity index (χ2v) is 6.86. The second-order valence-electron chi connectivity index (χ2n) is 5.38. The average molecular weight is 407 g/mol. The van der Waals surface area contributed by atoms with E-state index in [0.717, 1.165) is 27.0 Å². The predicted molar refractivity (Wildman–Crippen MR) is 91.6 cm³/mol. The van der Waals surface area contributed by atoms with Crippen LogP contribution < -0.4 is 0 Å². The Morgan fingerprint density at radius 3 is 2.57 bits per heavy atom. The first kappa shape index (κ1) is 13.5. The van der Waals surface area contributed by atoms with Crippen LogP contribution in [0.5, 0.6) is 0 Å². The van der Waals surface area contributed by atoms with Gasteiger partial charge >= 0.3 is 0 Å². The Kier molecular flexibility index (Phi) is 3.34. The lowest BCUT2D eigenvalue weighted by Gasteiger charge is -2.08. The minimum Gasteiger partial charge on any atom is -0.307 e. The Morgan fingerprint density at radius 1 is 1.05 bits per heavy atom. The molecule has 1 aromatic heterocycles. The molecule has 2 aromatic carbocycles. The van der Waals surface area contributed by atoms with Gasteiger partial charge in [0.2, 0.25) is 0 Å². The van der Waals surface area contributed by atoms with Crippen molar-refractivity contribution < 1.29 is 0 Å². The summed E-state index contributed by atoms with van der Waals surface area (Å²) in [6.45, 7) is 0. The van der Waals surface area contributed by atoms with Gasteiger partial charge in [0.25, 0.3) is 0 Å². The van der Waals surface area contributed by atoms with Gasteiger partial charge in [-0.2, -0.15) is 0 Å². The first-order valence-corrected chi connectivity index (χ1v) is 8.87. The zero-order valence-corrected chi connectivity index (χ0v) is 14.4. The Labute approximate surface area is 139 Å². The van der Waals surface area contributed by atoms with Gasteiger partial charge in [-0.25, -0.2) is 0 Å². The van der Waals surface area contributed by atoms with Gasteiger partial charge in [0.1, 0.15) is 5.82 Å². The predicted octanol–water partition coefficient (Wildman–Crippen LogP) is 5.09. The lowest BCUT2D eigenvalue weighted by Crippen LogP contribution is -2.01. The Morgan fingerprint density at radius 2 is 1.81 bits per heavy atom. The molecule has 4 rings (SSSR count). The van der Waals surface area contributed by atoms with E-state index in [-0.39, 0.29) is 0 Å². The van der Waals surface area contributed by atoms with Crippen LogP contribution in [-0.2, 0) is 5.33 Å². The smallest absolute Gasteiger partial charge is 0.164 e. The summed E-state index contributed by atoms with van der Waals surface area (Å²) in [6, 6.07) is 13.4. The maximum Gasteiger partial charge on any atom is 0.164 e. The van der Waals surface area contributed by atoms with E-state index in [1.807, 2.05) is 0 Å². The first-order valence-electron chi connectivity index (χ1n) is 6.95. The Bertz CT molecular complexity index is 822. The molecule has 3 nitrogen and oxygen atoms in total. The lowest BCUT2D eigenvalue weighted by molar-refractivity contribution is 0.714. The summed E-state index contributed by atoms with van der Waals surface area (Å²) in [6.07, 6.45) is 2.46. The van der Waals surface area contributed by atoms with Crippen molar-refractivity contribution in [3.8, 4) is 11.4 Å². The summed E-state index contributed by atoms with van der Waals surface area (Å²) >= 11 is 7.03. The third kappa shape index (κ3) is 2.42. The third-order valence-electron chi connectivity index (χ3n) is 3.86. The molecule has 1 aliphatic carbocycles. The van der Waals surface area contributed by atoms with E-state index in [9.17, 15) is 0 Å². The van der Waals surface area contributed by atoms with Crippen LogP contribution in [0.3, 0.4) is 0 Å². The van der Waals surface area contributed by atoms with Crippen molar-refractivity contribution in [3.05, 3.63) is 46.7 Å². The molecular formula is C16H13Br2N3. The van der Waals surface area contributed by atoms with Gasteiger partial charge < -0.3 is 4.57 Å². The number of hydrogen-bond donors (Lipinski definition) is 0. The summed E-state index contributed by atoms with van der Waals surface area (Å²) in [5, 5.41) is 11.9. The molecule has 0 aliphatic heterocycles. The largest absolute Gasteiger partial charge is 0.307 e. The highest BCUT2D eigenvalue weighted by molar-refractivity contribution is 9.10. The molecule has 3 aromatic rings. The van der Waals surface area contributed by atoms with Gasteiger partial charge in [-0.1, -0.05) is 50.1 Å². The minimum absolute atomic E-state index is 0.572. The molecule has 1 fully saturated rings. The van der Waals surface area contributed by atoms with Crippen molar-refractivity contribution in [2.24, 2.45) is 0 Å². The van der Waals surface area contributed by atoms with E-state index in [1.54, 1.807) is 0 Å². The van der Waals surface area contributed by atoms with Crippen molar-refractivity contribution in [3.63, 3.8) is 0 Å². The van der Waals surface area contributed by atoms with E-state index in [4.69, 9.17) is 0 Å². The van der Waals surface area contributed by atoms with Crippen LogP contribution in [0.2, 0.25) is 0 Å². The highest BCUT2D eigenvalue weighted by Crippen LogP contribution is 2.39. The molecule has 0 N–H and O–H groups in total. The van der Waals surface area contributed by atoms with Crippen LogP contribution in [0.1, 0.15) is 24.7 Å². The summed E-state index contributed by atoms with van der Waals surface area (Å²) in [4.78, 5) is 0.